The molecule has 0 rings (SSSR count). The van der Waals surface area contributed by atoms with E-state index in [1.165, 1.54) is 51.4 Å². The molecule has 0 aromatic carbocycles. The van der Waals surface area contributed by atoms with Crippen LogP contribution >= 0.6 is 0 Å². The number of hydrogen-bond acceptors (Lipinski definition) is 3. The zero-order valence-corrected chi connectivity index (χ0v) is 16.5. The fourth-order valence-corrected chi connectivity index (χ4v) is 2.81. The van der Waals surface area contributed by atoms with E-state index in [-0.39, 0.29) is 5.91 Å². The SMILES string of the molecule is CCCCCCCCC=CCCCCCCCC(=O)N[C@@H](CO)C(=O)O. The van der Waals surface area contributed by atoms with Gasteiger partial charge in [-0.15, -0.1) is 0 Å². The maximum absolute atomic E-state index is 11.6. The number of hydrogen-bond donors (Lipinski definition) is 3. The molecule has 1 amide bonds. The molecule has 0 aromatic heterocycles. The Morgan fingerprint density at radius 1 is 0.846 bits per heavy atom. The first-order chi connectivity index (χ1) is 12.6. The van der Waals surface area contributed by atoms with Crippen LogP contribution in [-0.4, -0.2) is 34.7 Å². The van der Waals surface area contributed by atoms with E-state index in [2.05, 4.69) is 24.4 Å². The quantitative estimate of drug-likeness (QED) is 0.244. The van der Waals surface area contributed by atoms with Gasteiger partial charge in [-0.3, -0.25) is 4.79 Å². The van der Waals surface area contributed by atoms with Gasteiger partial charge in [0.15, 0.2) is 0 Å². The number of aliphatic hydroxyl groups excluding tert-OH is 1. The van der Waals surface area contributed by atoms with Crippen molar-refractivity contribution in [3.63, 3.8) is 0 Å². The van der Waals surface area contributed by atoms with Gasteiger partial charge in [-0.1, -0.05) is 70.4 Å². The number of allylic oxidation sites excluding steroid dienone is 2. The number of aliphatic carboxylic acids is 1. The summed E-state index contributed by atoms with van der Waals surface area (Å²) in [6, 6.07) is -1.19. The molecule has 1 atom stereocenters. The van der Waals surface area contributed by atoms with Crippen molar-refractivity contribution in [1.82, 2.24) is 5.32 Å². The molecule has 0 bridgehead atoms. The highest BCUT2D eigenvalue weighted by molar-refractivity contribution is 5.83. The molecule has 0 unspecified atom stereocenters. The molecule has 3 N–H and O–H groups in total. The van der Waals surface area contributed by atoms with Crippen molar-refractivity contribution in [1.29, 1.82) is 0 Å². The maximum atomic E-state index is 11.6. The number of carbonyl (C=O) groups is 2. The van der Waals surface area contributed by atoms with E-state index in [1.54, 1.807) is 0 Å². The van der Waals surface area contributed by atoms with Gasteiger partial charge in [0, 0.05) is 6.42 Å². The van der Waals surface area contributed by atoms with Crippen LogP contribution in [-0.2, 0) is 9.59 Å². The van der Waals surface area contributed by atoms with Gasteiger partial charge in [0.05, 0.1) is 6.61 Å². The van der Waals surface area contributed by atoms with Crippen molar-refractivity contribution in [2.75, 3.05) is 6.61 Å². The van der Waals surface area contributed by atoms with Crippen LogP contribution in [0.5, 0.6) is 0 Å². The predicted molar refractivity (Wildman–Crippen MR) is 106 cm³/mol. The van der Waals surface area contributed by atoms with Crippen molar-refractivity contribution < 1.29 is 19.8 Å². The Morgan fingerprint density at radius 3 is 1.85 bits per heavy atom. The van der Waals surface area contributed by atoms with E-state index in [1.807, 2.05) is 0 Å². The normalized spacial score (nSPS) is 12.4. The monoisotopic (exact) mass is 369 g/mol. The molecule has 0 aliphatic rings. The molecule has 0 radical (unpaired) electrons. The number of aliphatic hydroxyl groups is 1. The third-order valence-electron chi connectivity index (χ3n) is 4.48. The minimum Gasteiger partial charge on any atom is -0.480 e. The molecule has 5 nitrogen and oxygen atoms in total. The smallest absolute Gasteiger partial charge is 0.328 e. The first kappa shape index (κ1) is 24.6. The summed E-state index contributed by atoms with van der Waals surface area (Å²) < 4.78 is 0. The summed E-state index contributed by atoms with van der Waals surface area (Å²) in [6.07, 6.45) is 20.5. The lowest BCUT2D eigenvalue weighted by molar-refractivity contribution is -0.142. The average Bonchev–Trinajstić information content (AvgIpc) is 2.62. The van der Waals surface area contributed by atoms with E-state index in [0.29, 0.717) is 6.42 Å². The molecule has 0 fully saturated rings. The van der Waals surface area contributed by atoms with Crippen LogP contribution in [0.1, 0.15) is 96.8 Å². The van der Waals surface area contributed by atoms with Crippen molar-refractivity contribution >= 4 is 11.9 Å². The van der Waals surface area contributed by atoms with Crippen LogP contribution in [0.25, 0.3) is 0 Å². The number of carboxylic acids is 1. The lowest BCUT2D eigenvalue weighted by atomic mass is 10.1. The molecular formula is C21H39NO4. The van der Waals surface area contributed by atoms with Crippen molar-refractivity contribution in [2.24, 2.45) is 0 Å². The number of amides is 1. The fraction of sp³-hybridized carbons (Fsp3) is 0.810. The summed E-state index contributed by atoms with van der Waals surface area (Å²) >= 11 is 0. The van der Waals surface area contributed by atoms with Crippen LogP contribution in [0.4, 0.5) is 0 Å². The number of carbonyl (C=O) groups excluding carboxylic acids is 1. The Hall–Kier alpha value is -1.36. The lowest BCUT2D eigenvalue weighted by Gasteiger charge is -2.11. The standard InChI is InChI=1S/C21H39NO4/c1-2-3-4-5-6-7-8-9-10-11-12-13-14-15-16-17-20(24)22-19(18-23)21(25)26/h9-10,19,23H,2-8,11-18H2,1H3,(H,22,24)(H,25,26)/t19-/m0/s1. The number of nitrogens with one attached hydrogen (secondary N) is 1. The van der Waals surface area contributed by atoms with Gasteiger partial charge < -0.3 is 15.5 Å². The minimum absolute atomic E-state index is 0.302. The van der Waals surface area contributed by atoms with Gasteiger partial charge in [0.2, 0.25) is 5.91 Å². The van der Waals surface area contributed by atoms with Crippen molar-refractivity contribution in [3.8, 4) is 0 Å². The highest BCUT2D eigenvalue weighted by Crippen LogP contribution is 2.10. The highest BCUT2D eigenvalue weighted by atomic mass is 16.4. The van der Waals surface area contributed by atoms with Gasteiger partial charge in [0.25, 0.3) is 0 Å². The minimum atomic E-state index is -1.20. The molecule has 0 aliphatic carbocycles. The second-order valence-corrected chi connectivity index (χ2v) is 6.98. The lowest BCUT2D eigenvalue weighted by Crippen LogP contribution is -2.43. The first-order valence-electron chi connectivity index (χ1n) is 10.4. The Kier molecular flexibility index (Phi) is 17.5. The second-order valence-electron chi connectivity index (χ2n) is 6.98. The van der Waals surface area contributed by atoms with Crippen LogP contribution < -0.4 is 5.32 Å². The van der Waals surface area contributed by atoms with Crippen LogP contribution in [0, 0.1) is 0 Å². The third-order valence-corrected chi connectivity index (χ3v) is 4.48. The third kappa shape index (κ3) is 16.1. The Bertz CT molecular complexity index is 382. The topological polar surface area (TPSA) is 86.6 Å². The average molecular weight is 370 g/mol. The van der Waals surface area contributed by atoms with Crippen molar-refractivity contribution in [3.05, 3.63) is 12.2 Å². The summed E-state index contributed by atoms with van der Waals surface area (Å²) in [5.74, 6) is -1.51. The van der Waals surface area contributed by atoms with Crippen LogP contribution in [0.2, 0.25) is 0 Å². The summed E-state index contributed by atoms with van der Waals surface area (Å²) in [6.45, 7) is 1.67. The van der Waals surface area contributed by atoms with E-state index in [0.717, 1.165) is 32.1 Å². The molecular weight excluding hydrogens is 330 g/mol. The fourth-order valence-electron chi connectivity index (χ4n) is 2.81. The van der Waals surface area contributed by atoms with E-state index in [9.17, 15) is 9.59 Å². The van der Waals surface area contributed by atoms with Gasteiger partial charge in [-0.05, 0) is 32.1 Å². The molecule has 0 aromatic rings. The summed E-state index contributed by atoms with van der Waals surface area (Å²) in [5, 5.41) is 19.9. The van der Waals surface area contributed by atoms with E-state index >= 15 is 0 Å². The highest BCUT2D eigenvalue weighted by Gasteiger charge is 2.17. The summed E-state index contributed by atoms with van der Waals surface area (Å²) in [7, 11) is 0. The van der Waals surface area contributed by atoms with E-state index in [4.69, 9.17) is 10.2 Å². The zero-order chi connectivity index (χ0) is 19.5. The van der Waals surface area contributed by atoms with Gasteiger partial charge in [0.1, 0.15) is 6.04 Å². The van der Waals surface area contributed by atoms with Crippen LogP contribution in [0.15, 0.2) is 12.2 Å². The predicted octanol–water partition coefficient (Wildman–Crippen LogP) is 4.59. The zero-order valence-electron chi connectivity index (χ0n) is 16.5. The molecule has 0 saturated heterocycles. The first-order valence-corrected chi connectivity index (χ1v) is 10.4. The largest absolute Gasteiger partial charge is 0.480 e. The van der Waals surface area contributed by atoms with Gasteiger partial charge in [-0.2, -0.15) is 0 Å². The number of rotatable bonds is 18. The number of carboxylic acid groups (broad SMARTS) is 1. The second kappa shape index (κ2) is 18.4. The van der Waals surface area contributed by atoms with Crippen molar-refractivity contribution in [2.45, 2.75) is 103 Å². The molecule has 0 aliphatic heterocycles. The molecule has 5 heteroatoms. The summed E-state index contributed by atoms with van der Waals surface area (Å²) in [4.78, 5) is 22.3. The molecule has 0 saturated carbocycles. The summed E-state index contributed by atoms with van der Waals surface area (Å²) in [5.41, 5.74) is 0. The molecule has 26 heavy (non-hydrogen) atoms. The van der Waals surface area contributed by atoms with E-state index < -0.39 is 18.6 Å². The molecule has 0 heterocycles. The number of unbranched alkanes of at least 4 members (excludes halogenated alkanes) is 11. The Balaban J connectivity index is 3.36. The maximum Gasteiger partial charge on any atom is 0.328 e. The molecule has 0 spiro atoms. The molecule has 152 valence electrons. The van der Waals surface area contributed by atoms with Gasteiger partial charge in [-0.25, -0.2) is 4.79 Å². The van der Waals surface area contributed by atoms with Crippen LogP contribution in [0.3, 0.4) is 0 Å². The Morgan fingerprint density at radius 2 is 1.35 bits per heavy atom. The Labute approximate surface area is 159 Å². The van der Waals surface area contributed by atoms with Gasteiger partial charge >= 0.3 is 5.97 Å².